The summed E-state index contributed by atoms with van der Waals surface area (Å²) in [7, 11) is 0. The predicted octanol–water partition coefficient (Wildman–Crippen LogP) is 12.6. The maximum atomic E-state index is 2.46. The van der Waals surface area contributed by atoms with Crippen molar-refractivity contribution in [1.29, 1.82) is 0 Å². The fraction of sp³-hybridized carbons (Fsp3) is 0. The number of nitrogens with zero attached hydrogens (tertiary/aromatic N) is 2. The number of fused-ring (bicyclic) bond motifs is 13. The van der Waals surface area contributed by atoms with Crippen LogP contribution >= 0.6 is 22.7 Å². The fourth-order valence-corrected chi connectivity index (χ4v) is 10.5. The molecule has 0 aliphatic carbocycles. The Morgan fingerprint density at radius 1 is 0.304 bits per heavy atom. The number of thiophene rings is 2. The standard InChI is InChI=1S/C42H24N2S2/c1-5-17-32-25(11-1)26-12-2-6-18-33(26)43(32)36-21-9-15-29-30-23-24-38-39(42(30)46-40(29)36)31-16-10-22-37(41(31)45-38)44-34-19-7-3-13-27(34)28-14-4-8-20-35(28)44/h1-24H. The molecule has 214 valence electrons. The smallest absolute Gasteiger partial charge is 0.0640 e. The van der Waals surface area contributed by atoms with Gasteiger partial charge in [-0.25, -0.2) is 0 Å². The number of hydrogen-bond donors (Lipinski definition) is 0. The molecule has 0 saturated heterocycles. The third-order valence-corrected chi connectivity index (χ3v) is 12.2. The molecule has 0 saturated carbocycles. The predicted molar refractivity (Wildman–Crippen MR) is 201 cm³/mol. The minimum absolute atomic E-state index is 1.25. The minimum atomic E-state index is 1.25. The van der Waals surface area contributed by atoms with E-state index in [1.165, 1.54) is 95.3 Å². The minimum Gasteiger partial charge on any atom is -0.308 e. The lowest BCUT2D eigenvalue weighted by molar-refractivity contribution is 1.20. The van der Waals surface area contributed by atoms with Gasteiger partial charge < -0.3 is 9.13 Å². The van der Waals surface area contributed by atoms with Crippen molar-refractivity contribution in [3.8, 4) is 11.4 Å². The van der Waals surface area contributed by atoms with Crippen LogP contribution in [0, 0.1) is 0 Å². The Kier molecular flexibility index (Phi) is 4.90. The van der Waals surface area contributed by atoms with Gasteiger partial charge in [0.1, 0.15) is 0 Å². The highest BCUT2D eigenvalue weighted by molar-refractivity contribution is 7.30. The molecule has 2 nitrogen and oxygen atoms in total. The summed E-state index contributed by atoms with van der Waals surface area (Å²) in [6.07, 6.45) is 0. The van der Waals surface area contributed by atoms with Gasteiger partial charge in [-0.2, -0.15) is 0 Å². The molecule has 4 aromatic heterocycles. The number of para-hydroxylation sites is 4. The van der Waals surface area contributed by atoms with Gasteiger partial charge in [-0.1, -0.05) is 103 Å². The monoisotopic (exact) mass is 620 g/mol. The van der Waals surface area contributed by atoms with Crippen LogP contribution in [0.5, 0.6) is 0 Å². The summed E-state index contributed by atoms with van der Waals surface area (Å²) in [5.41, 5.74) is 7.48. The van der Waals surface area contributed by atoms with Crippen LogP contribution in [0.15, 0.2) is 146 Å². The maximum absolute atomic E-state index is 2.46. The first-order valence-corrected chi connectivity index (χ1v) is 17.2. The molecule has 0 spiro atoms. The average molecular weight is 621 g/mol. The fourth-order valence-electron chi connectivity index (χ4n) is 7.82. The molecule has 0 unspecified atom stereocenters. The summed E-state index contributed by atoms with van der Waals surface area (Å²) in [4.78, 5) is 0. The highest BCUT2D eigenvalue weighted by Crippen LogP contribution is 2.48. The molecule has 0 N–H and O–H groups in total. The molecule has 11 rings (SSSR count). The van der Waals surface area contributed by atoms with E-state index in [1.807, 2.05) is 22.7 Å². The summed E-state index contributed by atoms with van der Waals surface area (Å²) in [5, 5.41) is 10.5. The van der Waals surface area contributed by atoms with Crippen molar-refractivity contribution < 1.29 is 0 Å². The van der Waals surface area contributed by atoms with Crippen LogP contribution in [-0.2, 0) is 0 Å². The van der Waals surface area contributed by atoms with Gasteiger partial charge in [0.15, 0.2) is 0 Å². The van der Waals surface area contributed by atoms with Gasteiger partial charge >= 0.3 is 0 Å². The van der Waals surface area contributed by atoms with Crippen LogP contribution in [-0.4, -0.2) is 9.13 Å². The van der Waals surface area contributed by atoms with Crippen LogP contribution < -0.4 is 0 Å². The summed E-state index contributed by atoms with van der Waals surface area (Å²) >= 11 is 3.85. The third-order valence-electron chi connectivity index (χ3n) is 9.73. The molecule has 0 aliphatic rings. The van der Waals surface area contributed by atoms with Gasteiger partial charge in [-0.05, 0) is 42.5 Å². The van der Waals surface area contributed by atoms with Gasteiger partial charge in [-0.15, -0.1) is 22.7 Å². The Morgan fingerprint density at radius 2 is 0.717 bits per heavy atom. The second kappa shape index (κ2) is 9.07. The summed E-state index contributed by atoms with van der Waals surface area (Å²) in [6, 6.07) is 53.5. The lowest BCUT2D eigenvalue weighted by Crippen LogP contribution is -1.93. The summed E-state index contributed by atoms with van der Waals surface area (Å²) < 4.78 is 10.3. The van der Waals surface area contributed by atoms with Crippen LogP contribution in [0.25, 0.3) is 95.3 Å². The normalized spacial score (nSPS) is 12.3. The van der Waals surface area contributed by atoms with Gasteiger partial charge in [0.05, 0.1) is 42.8 Å². The second-order valence-corrected chi connectivity index (χ2v) is 14.1. The molecule has 4 heterocycles. The van der Waals surface area contributed by atoms with Crippen LogP contribution in [0.4, 0.5) is 0 Å². The zero-order chi connectivity index (χ0) is 29.9. The molecule has 0 fully saturated rings. The molecule has 11 aromatic rings. The first-order chi connectivity index (χ1) is 22.8. The van der Waals surface area contributed by atoms with E-state index < -0.39 is 0 Å². The molecule has 7 aromatic carbocycles. The quantitative estimate of drug-likeness (QED) is 0.182. The average Bonchev–Trinajstić information content (AvgIpc) is 3.86. The van der Waals surface area contributed by atoms with Crippen molar-refractivity contribution in [2.45, 2.75) is 0 Å². The van der Waals surface area contributed by atoms with Gasteiger partial charge in [-0.3, -0.25) is 0 Å². The van der Waals surface area contributed by atoms with Crippen molar-refractivity contribution in [3.05, 3.63) is 146 Å². The van der Waals surface area contributed by atoms with E-state index >= 15 is 0 Å². The zero-order valence-electron chi connectivity index (χ0n) is 24.6. The Morgan fingerprint density at radius 3 is 1.24 bits per heavy atom. The Labute approximate surface area is 271 Å². The van der Waals surface area contributed by atoms with Crippen molar-refractivity contribution >= 4 is 107 Å². The van der Waals surface area contributed by atoms with Crippen molar-refractivity contribution in [2.75, 3.05) is 0 Å². The van der Waals surface area contributed by atoms with Gasteiger partial charge in [0.2, 0.25) is 0 Å². The molecule has 0 bridgehead atoms. The first-order valence-electron chi connectivity index (χ1n) is 15.6. The Hall–Kier alpha value is -5.42. The molecule has 0 radical (unpaired) electrons. The maximum Gasteiger partial charge on any atom is 0.0640 e. The largest absolute Gasteiger partial charge is 0.308 e. The number of benzene rings is 7. The van der Waals surface area contributed by atoms with Crippen molar-refractivity contribution in [1.82, 2.24) is 9.13 Å². The SMILES string of the molecule is c1cc(-n2c3ccccc3c3ccccc32)c2sc3c(ccc4sc5c(-n6c7ccccc7c7ccccc76)cccc5c43)c2c1. The van der Waals surface area contributed by atoms with E-state index in [-0.39, 0.29) is 0 Å². The molecule has 46 heavy (non-hydrogen) atoms. The zero-order valence-corrected chi connectivity index (χ0v) is 26.2. The molecule has 0 amide bonds. The van der Waals surface area contributed by atoms with Crippen LogP contribution in [0.1, 0.15) is 0 Å². The molecule has 4 heteroatoms. The number of rotatable bonds is 2. The highest BCUT2D eigenvalue weighted by atomic mass is 32.1. The van der Waals surface area contributed by atoms with E-state index in [4.69, 9.17) is 0 Å². The topological polar surface area (TPSA) is 9.86 Å². The highest BCUT2D eigenvalue weighted by Gasteiger charge is 2.20. The van der Waals surface area contributed by atoms with E-state index in [2.05, 4.69) is 155 Å². The Bertz CT molecular complexity index is 2930. The van der Waals surface area contributed by atoms with Crippen molar-refractivity contribution in [2.24, 2.45) is 0 Å². The number of aromatic nitrogens is 2. The molecule has 0 atom stereocenters. The summed E-state index contributed by atoms with van der Waals surface area (Å²) in [5.74, 6) is 0. The third kappa shape index (κ3) is 3.15. The summed E-state index contributed by atoms with van der Waals surface area (Å²) in [6.45, 7) is 0. The van der Waals surface area contributed by atoms with E-state index in [0.29, 0.717) is 0 Å². The second-order valence-electron chi connectivity index (χ2n) is 12.1. The van der Waals surface area contributed by atoms with Crippen LogP contribution in [0.2, 0.25) is 0 Å². The van der Waals surface area contributed by atoms with E-state index in [9.17, 15) is 0 Å². The van der Waals surface area contributed by atoms with E-state index in [1.54, 1.807) is 0 Å². The van der Waals surface area contributed by atoms with Crippen LogP contribution in [0.3, 0.4) is 0 Å². The Balaban J connectivity index is 1.23. The van der Waals surface area contributed by atoms with Gasteiger partial charge in [0.25, 0.3) is 0 Å². The van der Waals surface area contributed by atoms with Gasteiger partial charge in [0, 0.05) is 52.5 Å². The lowest BCUT2D eigenvalue weighted by Gasteiger charge is -2.09. The molecular weight excluding hydrogens is 597 g/mol. The van der Waals surface area contributed by atoms with Crippen molar-refractivity contribution in [3.63, 3.8) is 0 Å². The molecular formula is C42H24N2S2. The first kappa shape index (κ1) is 24.8. The van der Waals surface area contributed by atoms with E-state index in [0.717, 1.165) is 0 Å². The number of hydrogen-bond acceptors (Lipinski definition) is 2. The molecule has 0 aliphatic heterocycles. The lowest BCUT2D eigenvalue weighted by atomic mass is 10.1.